The molecule has 7 heteroatoms. The first-order valence-corrected chi connectivity index (χ1v) is 8.37. The number of amides is 2. The fourth-order valence-electron chi connectivity index (χ4n) is 2.54. The fraction of sp³-hybridized carbons (Fsp3) is 0.750. The van der Waals surface area contributed by atoms with Crippen LogP contribution in [0.1, 0.15) is 76.6 Å². The minimum absolute atomic E-state index is 0.112. The predicted octanol–water partition coefficient (Wildman–Crippen LogP) is 2.16. The first kappa shape index (κ1) is 17.4. The van der Waals surface area contributed by atoms with Gasteiger partial charge in [-0.05, 0) is 19.8 Å². The highest BCUT2D eigenvalue weighted by molar-refractivity contribution is 5.79. The van der Waals surface area contributed by atoms with Crippen molar-refractivity contribution in [2.45, 2.75) is 64.8 Å². The van der Waals surface area contributed by atoms with Gasteiger partial charge in [-0.2, -0.15) is 0 Å². The van der Waals surface area contributed by atoms with E-state index in [0.717, 1.165) is 25.8 Å². The second-order valence-corrected chi connectivity index (χ2v) is 6.36. The van der Waals surface area contributed by atoms with Gasteiger partial charge in [0, 0.05) is 31.8 Å². The maximum absolute atomic E-state index is 12.1. The van der Waals surface area contributed by atoms with E-state index in [4.69, 9.17) is 4.42 Å². The number of likely N-dealkylation sites (tertiary alicyclic amines) is 1. The molecule has 0 aliphatic carbocycles. The molecule has 0 saturated carbocycles. The highest BCUT2D eigenvalue weighted by atomic mass is 16.4. The summed E-state index contributed by atoms with van der Waals surface area (Å²) in [6.45, 7) is 6.98. The van der Waals surface area contributed by atoms with E-state index in [0.29, 0.717) is 31.2 Å². The summed E-state index contributed by atoms with van der Waals surface area (Å²) in [4.78, 5) is 25.8. The average molecular weight is 322 g/mol. The Labute approximate surface area is 136 Å². The summed E-state index contributed by atoms with van der Waals surface area (Å²) in [5.41, 5.74) is 0. The van der Waals surface area contributed by atoms with E-state index in [1.807, 2.05) is 20.8 Å². The van der Waals surface area contributed by atoms with Gasteiger partial charge >= 0.3 is 0 Å². The third-order valence-corrected chi connectivity index (χ3v) is 3.98. The molecule has 1 N–H and O–H groups in total. The van der Waals surface area contributed by atoms with Crippen LogP contribution in [0.25, 0.3) is 0 Å². The van der Waals surface area contributed by atoms with Crippen molar-refractivity contribution in [3.63, 3.8) is 0 Å². The quantitative estimate of drug-likeness (QED) is 0.867. The van der Waals surface area contributed by atoms with Gasteiger partial charge in [0.1, 0.15) is 6.04 Å². The fourth-order valence-corrected chi connectivity index (χ4v) is 2.54. The van der Waals surface area contributed by atoms with Crippen molar-refractivity contribution in [2.75, 3.05) is 13.1 Å². The molecule has 7 nitrogen and oxygen atoms in total. The summed E-state index contributed by atoms with van der Waals surface area (Å²) in [7, 11) is 0. The second kappa shape index (κ2) is 8.08. The molecule has 1 saturated heterocycles. The molecular formula is C16H26N4O3. The van der Waals surface area contributed by atoms with Crippen molar-refractivity contribution >= 4 is 11.8 Å². The molecule has 2 amide bonds. The average Bonchev–Trinajstić information content (AvgIpc) is 2.91. The van der Waals surface area contributed by atoms with Gasteiger partial charge in [-0.25, -0.2) is 0 Å². The van der Waals surface area contributed by atoms with Crippen molar-refractivity contribution in [1.82, 2.24) is 20.4 Å². The molecule has 1 fully saturated rings. The molecule has 0 radical (unpaired) electrons. The van der Waals surface area contributed by atoms with Crippen molar-refractivity contribution in [2.24, 2.45) is 0 Å². The van der Waals surface area contributed by atoms with E-state index in [1.54, 1.807) is 4.90 Å². The highest BCUT2D eigenvalue weighted by Gasteiger charge is 2.20. The molecular weight excluding hydrogens is 296 g/mol. The summed E-state index contributed by atoms with van der Waals surface area (Å²) < 4.78 is 5.53. The Bertz CT molecular complexity index is 541. The molecule has 1 aliphatic heterocycles. The van der Waals surface area contributed by atoms with Gasteiger partial charge in [-0.15, -0.1) is 10.2 Å². The monoisotopic (exact) mass is 322 g/mol. The normalized spacial score (nSPS) is 17.2. The van der Waals surface area contributed by atoms with Crippen LogP contribution in [0.2, 0.25) is 0 Å². The number of aromatic nitrogens is 2. The molecule has 0 spiro atoms. The number of hydrogen-bond acceptors (Lipinski definition) is 5. The van der Waals surface area contributed by atoms with E-state index in [1.165, 1.54) is 0 Å². The lowest BCUT2D eigenvalue weighted by Gasteiger charge is -2.20. The van der Waals surface area contributed by atoms with Crippen molar-refractivity contribution < 1.29 is 14.0 Å². The van der Waals surface area contributed by atoms with Gasteiger partial charge in [-0.1, -0.05) is 20.3 Å². The van der Waals surface area contributed by atoms with Crippen LogP contribution in [0.3, 0.4) is 0 Å². The van der Waals surface area contributed by atoms with Crippen LogP contribution in [0.5, 0.6) is 0 Å². The number of carbonyl (C=O) groups is 2. The molecule has 1 atom stereocenters. The molecule has 1 unspecified atom stereocenters. The highest BCUT2D eigenvalue weighted by Crippen LogP contribution is 2.17. The molecule has 1 aromatic heterocycles. The zero-order valence-electron chi connectivity index (χ0n) is 14.2. The number of nitrogens with one attached hydrogen (secondary N) is 1. The van der Waals surface area contributed by atoms with E-state index >= 15 is 0 Å². The first-order valence-electron chi connectivity index (χ1n) is 8.37. The van der Waals surface area contributed by atoms with Crippen molar-refractivity contribution in [3.8, 4) is 0 Å². The minimum atomic E-state index is -0.331. The maximum atomic E-state index is 12.1. The molecule has 2 heterocycles. The molecule has 1 aromatic rings. The third-order valence-electron chi connectivity index (χ3n) is 3.98. The van der Waals surface area contributed by atoms with Crippen LogP contribution in [0.15, 0.2) is 4.42 Å². The topological polar surface area (TPSA) is 88.3 Å². The summed E-state index contributed by atoms with van der Waals surface area (Å²) in [6.07, 6.45) is 3.94. The third kappa shape index (κ3) is 5.04. The SMILES string of the molecule is CC(C)c1nnc(C(C)NC(=O)CCN2CCCCCC2=O)o1. The Morgan fingerprint density at radius 2 is 1.96 bits per heavy atom. The van der Waals surface area contributed by atoms with E-state index in [2.05, 4.69) is 15.5 Å². The van der Waals surface area contributed by atoms with Crippen molar-refractivity contribution in [3.05, 3.63) is 11.8 Å². The van der Waals surface area contributed by atoms with Crippen LogP contribution in [0, 0.1) is 0 Å². The van der Waals surface area contributed by atoms with Gasteiger partial charge in [0.05, 0.1) is 0 Å². The number of nitrogens with zero attached hydrogens (tertiary/aromatic N) is 3. The Hall–Kier alpha value is -1.92. The van der Waals surface area contributed by atoms with Gasteiger partial charge in [0.15, 0.2) is 0 Å². The van der Waals surface area contributed by atoms with Gasteiger partial charge in [-0.3, -0.25) is 9.59 Å². The number of rotatable bonds is 6. The summed E-state index contributed by atoms with van der Waals surface area (Å²) in [6, 6.07) is -0.331. The standard InChI is InChI=1S/C16H26N4O3/c1-11(2)15-18-19-16(23-15)12(3)17-13(21)8-10-20-9-6-4-5-7-14(20)22/h11-12H,4-10H2,1-3H3,(H,17,21). The van der Waals surface area contributed by atoms with Gasteiger partial charge < -0.3 is 14.6 Å². The Kier molecular flexibility index (Phi) is 6.12. The summed E-state index contributed by atoms with van der Waals surface area (Å²) >= 11 is 0. The molecule has 1 aliphatic rings. The molecule has 0 bridgehead atoms. The van der Waals surface area contributed by atoms with Gasteiger partial charge in [0.2, 0.25) is 23.6 Å². The summed E-state index contributed by atoms with van der Waals surface area (Å²) in [5.74, 6) is 1.18. The zero-order chi connectivity index (χ0) is 16.8. The zero-order valence-corrected chi connectivity index (χ0v) is 14.2. The molecule has 0 aromatic carbocycles. The lowest BCUT2D eigenvalue weighted by molar-refractivity contribution is -0.131. The smallest absolute Gasteiger partial charge is 0.238 e. The molecule has 128 valence electrons. The van der Waals surface area contributed by atoms with Crippen LogP contribution in [-0.2, 0) is 9.59 Å². The van der Waals surface area contributed by atoms with E-state index in [-0.39, 0.29) is 23.8 Å². The Morgan fingerprint density at radius 1 is 1.22 bits per heavy atom. The molecule has 23 heavy (non-hydrogen) atoms. The Balaban J connectivity index is 1.80. The number of carbonyl (C=O) groups excluding carboxylic acids is 2. The van der Waals surface area contributed by atoms with Crippen LogP contribution in [-0.4, -0.2) is 40.0 Å². The Morgan fingerprint density at radius 3 is 2.65 bits per heavy atom. The van der Waals surface area contributed by atoms with Crippen LogP contribution >= 0.6 is 0 Å². The maximum Gasteiger partial charge on any atom is 0.238 e. The van der Waals surface area contributed by atoms with E-state index < -0.39 is 0 Å². The van der Waals surface area contributed by atoms with Crippen LogP contribution < -0.4 is 5.32 Å². The first-order chi connectivity index (χ1) is 11.0. The second-order valence-electron chi connectivity index (χ2n) is 6.36. The van der Waals surface area contributed by atoms with Crippen molar-refractivity contribution in [1.29, 1.82) is 0 Å². The predicted molar refractivity (Wildman–Crippen MR) is 84.6 cm³/mol. The van der Waals surface area contributed by atoms with Crippen LogP contribution in [0.4, 0.5) is 0 Å². The minimum Gasteiger partial charge on any atom is -0.423 e. The summed E-state index contributed by atoms with van der Waals surface area (Å²) in [5, 5.41) is 10.8. The lowest BCUT2D eigenvalue weighted by Crippen LogP contribution is -2.35. The molecule has 2 rings (SSSR count). The largest absolute Gasteiger partial charge is 0.423 e. The number of hydrogen-bond donors (Lipinski definition) is 1. The van der Waals surface area contributed by atoms with Gasteiger partial charge in [0.25, 0.3) is 0 Å². The van der Waals surface area contributed by atoms with E-state index in [9.17, 15) is 9.59 Å². The lowest BCUT2D eigenvalue weighted by atomic mass is 10.2.